The van der Waals surface area contributed by atoms with Gasteiger partial charge in [-0.2, -0.15) is 26.3 Å². The highest BCUT2D eigenvalue weighted by atomic mass is 19.3. The SMILES string of the molecule is CCCCCCC(F)(F)C(F)(F)C(F)(F)NCC(C)CCC(CC)CCC. The zero-order chi connectivity index (χ0) is 21.1. The maximum absolute atomic E-state index is 13.9. The van der Waals surface area contributed by atoms with E-state index in [9.17, 15) is 26.3 Å². The van der Waals surface area contributed by atoms with Gasteiger partial charge in [0, 0.05) is 13.0 Å². The van der Waals surface area contributed by atoms with E-state index in [1.807, 2.05) is 6.92 Å². The van der Waals surface area contributed by atoms with Crippen LogP contribution in [0.1, 0.15) is 91.9 Å². The predicted molar refractivity (Wildman–Crippen MR) is 98.7 cm³/mol. The Labute approximate surface area is 160 Å². The summed E-state index contributed by atoms with van der Waals surface area (Å²) in [4.78, 5) is 0. The van der Waals surface area contributed by atoms with Gasteiger partial charge in [0.2, 0.25) is 0 Å². The maximum atomic E-state index is 13.9. The summed E-state index contributed by atoms with van der Waals surface area (Å²) in [6.45, 7) is 7.22. The first-order valence-electron chi connectivity index (χ1n) is 10.3. The molecule has 0 aromatic carbocycles. The van der Waals surface area contributed by atoms with E-state index in [4.69, 9.17) is 0 Å². The van der Waals surface area contributed by atoms with Crippen molar-refractivity contribution in [1.82, 2.24) is 5.32 Å². The summed E-state index contributed by atoms with van der Waals surface area (Å²) in [5.41, 5.74) is 0. The number of halogens is 6. The molecule has 0 aliphatic rings. The predicted octanol–water partition coefficient (Wildman–Crippen LogP) is 7.65. The second-order valence-electron chi connectivity index (χ2n) is 7.79. The molecule has 2 atom stereocenters. The quantitative estimate of drug-likeness (QED) is 0.158. The number of unbranched alkanes of at least 4 members (excludes halogenated alkanes) is 3. The first-order chi connectivity index (χ1) is 12.4. The molecule has 1 nitrogen and oxygen atoms in total. The van der Waals surface area contributed by atoms with Crippen LogP contribution in [0.2, 0.25) is 0 Å². The minimum absolute atomic E-state index is 0.196. The second kappa shape index (κ2) is 12.2. The van der Waals surface area contributed by atoms with Gasteiger partial charge >= 0.3 is 17.9 Å². The van der Waals surface area contributed by atoms with Crippen molar-refractivity contribution in [2.24, 2.45) is 11.8 Å². The first kappa shape index (κ1) is 26.5. The Morgan fingerprint density at radius 1 is 0.778 bits per heavy atom. The van der Waals surface area contributed by atoms with Gasteiger partial charge in [-0.1, -0.05) is 72.6 Å². The molecule has 0 heterocycles. The molecule has 0 spiro atoms. The van der Waals surface area contributed by atoms with Crippen molar-refractivity contribution >= 4 is 0 Å². The van der Waals surface area contributed by atoms with E-state index in [1.165, 1.54) is 5.32 Å². The zero-order valence-corrected chi connectivity index (χ0v) is 17.2. The summed E-state index contributed by atoms with van der Waals surface area (Å²) < 4.78 is 83.0. The van der Waals surface area contributed by atoms with Crippen LogP contribution in [0.15, 0.2) is 0 Å². The molecule has 27 heavy (non-hydrogen) atoms. The minimum Gasteiger partial charge on any atom is -0.252 e. The highest BCUT2D eigenvalue weighted by molar-refractivity contribution is 4.95. The molecule has 0 rings (SSSR count). The molecular weight excluding hydrogens is 368 g/mol. The van der Waals surface area contributed by atoms with Gasteiger partial charge in [0.25, 0.3) is 0 Å². The lowest BCUT2D eigenvalue weighted by atomic mass is 9.91. The Hall–Kier alpha value is -0.460. The van der Waals surface area contributed by atoms with Crippen molar-refractivity contribution in [3.8, 4) is 0 Å². The number of alkyl halides is 6. The van der Waals surface area contributed by atoms with Crippen LogP contribution in [0.4, 0.5) is 26.3 Å². The maximum Gasteiger partial charge on any atom is 0.386 e. The third-order valence-electron chi connectivity index (χ3n) is 5.21. The van der Waals surface area contributed by atoms with Gasteiger partial charge in [-0.15, -0.1) is 0 Å². The lowest BCUT2D eigenvalue weighted by molar-refractivity contribution is -0.321. The summed E-state index contributed by atoms with van der Waals surface area (Å²) >= 11 is 0. The van der Waals surface area contributed by atoms with E-state index >= 15 is 0 Å². The summed E-state index contributed by atoms with van der Waals surface area (Å²) in [7, 11) is 0. The first-order valence-corrected chi connectivity index (χ1v) is 10.3. The molecule has 1 N–H and O–H groups in total. The van der Waals surface area contributed by atoms with E-state index < -0.39 is 30.9 Å². The van der Waals surface area contributed by atoms with Crippen molar-refractivity contribution in [2.45, 2.75) is 110 Å². The van der Waals surface area contributed by atoms with Crippen LogP contribution in [0, 0.1) is 11.8 Å². The van der Waals surface area contributed by atoms with Crippen molar-refractivity contribution in [3.05, 3.63) is 0 Å². The molecule has 0 saturated heterocycles. The van der Waals surface area contributed by atoms with Crippen LogP contribution in [-0.2, 0) is 0 Å². The molecule has 7 heteroatoms. The largest absolute Gasteiger partial charge is 0.386 e. The van der Waals surface area contributed by atoms with E-state index in [-0.39, 0.29) is 12.3 Å². The molecule has 164 valence electrons. The Bertz CT molecular complexity index is 387. The van der Waals surface area contributed by atoms with Crippen LogP contribution >= 0.6 is 0 Å². The van der Waals surface area contributed by atoms with E-state index in [0.717, 1.165) is 32.1 Å². The number of hydrogen-bond acceptors (Lipinski definition) is 1. The number of rotatable bonds is 16. The highest BCUT2D eigenvalue weighted by Crippen LogP contribution is 2.46. The van der Waals surface area contributed by atoms with Crippen LogP contribution < -0.4 is 5.32 Å². The highest BCUT2D eigenvalue weighted by Gasteiger charge is 2.70. The molecule has 0 aliphatic carbocycles. The molecular formula is C20H37F6N. The molecule has 0 amide bonds. The van der Waals surface area contributed by atoms with Gasteiger partial charge < -0.3 is 0 Å². The molecule has 0 bridgehead atoms. The normalized spacial score (nSPS) is 15.8. The van der Waals surface area contributed by atoms with E-state index in [1.54, 1.807) is 6.92 Å². The monoisotopic (exact) mass is 405 g/mol. The van der Waals surface area contributed by atoms with Gasteiger partial charge in [-0.05, 0) is 24.7 Å². The summed E-state index contributed by atoms with van der Waals surface area (Å²) in [6.07, 6.45) is 4.72. The molecule has 0 aromatic rings. The minimum atomic E-state index is -5.42. The van der Waals surface area contributed by atoms with Gasteiger partial charge in [0.15, 0.2) is 0 Å². The van der Waals surface area contributed by atoms with Crippen molar-refractivity contribution < 1.29 is 26.3 Å². The molecule has 2 unspecified atom stereocenters. The van der Waals surface area contributed by atoms with Crippen LogP contribution in [0.5, 0.6) is 0 Å². The Kier molecular flexibility index (Phi) is 12.0. The average Bonchev–Trinajstić information content (AvgIpc) is 2.60. The number of hydrogen-bond donors (Lipinski definition) is 1. The third-order valence-corrected chi connectivity index (χ3v) is 5.21. The zero-order valence-electron chi connectivity index (χ0n) is 17.2. The molecule has 0 radical (unpaired) electrons. The van der Waals surface area contributed by atoms with Crippen molar-refractivity contribution in [2.75, 3.05) is 6.54 Å². The van der Waals surface area contributed by atoms with Gasteiger partial charge in [0.1, 0.15) is 0 Å². The second-order valence-corrected chi connectivity index (χ2v) is 7.79. The standard InChI is InChI=1S/C20H37F6N/c1-5-8-9-10-14-18(21,22)19(23,24)20(25,26)27-15-16(4)12-13-17(7-3)11-6-2/h16-17,27H,5-15H2,1-4H3. The van der Waals surface area contributed by atoms with Gasteiger partial charge in [-0.3, -0.25) is 5.32 Å². The van der Waals surface area contributed by atoms with Gasteiger partial charge in [-0.25, -0.2) is 0 Å². The topological polar surface area (TPSA) is 12.0 Å². The summed E-state index contributed by atoms with van der Waals surface area (Å²) in [5.74, 6) is -9.97. The van der Waals surface area contributed by atoms with Crippen LogP contribution in [0.3, 0.4) is 0 Å². The molecule has 0 fully saturated rings. The summed E-state index contributed by atoms with van der Waals surface area (Å²) in [5, 5.41) is 1.42. The molecule has 0 aliphatic heterocycles. The lowest BCUT2D eigenvalue weighted by Gasteiger charge is -2.34. The van der Waals surface area contributed by atoms with E-state index in [0.29, 0.717) is 25.2 Å². The summed E-state index contributed by atoms with van der Waals surface area (Å²) in [6, 6.07) is -4.94. The fourth-order valence-electron chi connectivity index (χ4n) is 3.16. The molecule has 0 saturated carbocycles. The Morgan fingerprint density at radius 2 is 1.41 bits per heavy atom. The van der Waals surface area contributed by atoms with Crippen molar-refractivity contribution in [1.29, 1.82) is 0 Å². The smallest absolute Gasteiger partial charge is 0.252 e. The number of nitrogens with one attached hydrogen (secondary N) is 1. The Morgan fingerprint density at radius 3 is 1.93 bits per heavy atom. The van der Waals surface area contributed by atoms with Crippen LogP contribution in [0.25, 0.3) is 0 Å². The Balaban J connectivity index is 4.63. The van der Waals surface area contributed by atoms with Crippen molar-refractivity contribution in [3.63, 3.8) is 0 Å². The fourth-order valence-corrected chi connectivity index (χ4v) is 3.16. The third kappa shape index (κ3) is 8.61. The lowest BCUT2D eigenvalue weighted by Crippen LogP contribution is -2.61. The van der Waals surface area contributed by atoms with E-state index in [2.05, 4.69) is 13.8 Å². The van der Waals surface area contributed by atoms with Gasteiger partial charge in [0.05, 0.1) is 0 Å². The fraction of sp³-hybridized carbons (Fsp3) is 1.00. The average molecular weight is 406 g/mol. The van der Waals surface area contributed by atoms with Crippen LogP contribution in [-0.4, -0.2) is 24.4 Å². The molecule has 0 aromatic heterocycles.